The van der Waals surface area contributed by atoms with Gasteiger partial charge in [0.05, 0.1) is 0 Å². The van der Waals surface area contributed by atoms with Crippen LogP contribution in [-0.2, 0) is 13.0 Å². The molecule has 0 aliphatic carbocycles. The average Bonchev–Trinajstić information content (AvgIpc) is 2.73. The zero-order chi connectivity index (χ0) is 19.8. The van der Waals surface area contributed by atoms with Crippen LogP contribution in [0.15, 0.2) is 72.9 Å². The van der Waals surface area contributed by atoms with Gasteiger partial charge in [-0.25, -0.2) is 9.97 Å². The van der Waals surface area contributed by atoms with E-state index < -0.39 is 0 Å². The lowest BCUT2D eigenvalue weighted by Gasteiger charge is -2.26. The van der Waals surface area contributed by atoms with Gasteiger partial charge in [0.25, 0.3) is 5.91 Å². The van der Waals surface area contributed by atoms with Crippen molar-refractivity contribution in [3.05, 3.63) is 89.7 Å². The number of rotatable bonds is 8. The molecule has 144 valence electrons. The summed E-state index contributed by atoms with van der Waals surface area (Å²) in [6.07, 6.45) is 2.50. The van der Waals surface area contributed by atoms with Crippen molar-refractivity contribution in [2.75, 3.05) is 11.9 Å². The second kappa shape index (κ2) is 9.65. The van der Waals surface area contributed by atoms with Crippen molar-refractivity contribution in [3.8, 4) is 0 Å². The fourth-order valence-corrected chi connectivity index (χ4v) is 2.94. The van der Waals surface area contributed by atoms with E-state index in [-0.39, 0.29) is 11.9 Å². The lowest BCUT2D eigenvalue weighted by molar-refractivity contribution is 0.0684. The largest absolute Gasteiger partial charge is 0.354 e. The first-order valence-electron chi connectivity index (χ1n) is 9.59. The highest BCUT2D eigenvalue weighted by molar-refractivity contribution is 5.92. The molecule has 3 rings (SSSR count). The van der Waals surface area contributed by atoms with Crippen molar-refractivity contribution in [1.29, 1.82) is 0 Å². The summed E-state index contributed by atoms with van der Waals surface area (Å²) in [5, 5.41) is 3.21. The number of nitrogens with zero attached hydrogens (tertiary/aromatic N) is 3. The van der Waals surface area contributed by atoms with Crippen LogP contribution >= 0.6 is 0 Å². The molecule has 1 amide bonds. The van der Waals surface area contributed by atoms with Gasteiger partial charge in [-0.1, -0.05) is 60.7 Å². The lowest BCUT2D eigenvalue weighted by atomic mass is 10.1. The number of anilines is 1. The van der Waals surface area contributed by atoms with E-state index in [4.69, 9.17) is 0 Å². The first-order valence-corrected chi connectivity index (χ1v) is 9.59. The fraction of sp³-hybridized carbons (Fsp3) is 0.261. The topological polar surface area (TPSA) is 58.1 Å². The van der Waals surface area contributed by atoms with Crippen molar-refractivity contribution >= 4 is 11.9 Å². The van der Waals surface area contributed by atoms with Gasteiger partial charge in [-0.3, -0.25) is 4.79 Å². The van der Waals surface area contributed by atoms with Crippen molar-refractivity contribution in [2.45, 2.75) is 32.9 Å². The Bertz CT molecular complexity index is 881. The van der Waals surface area contributed by atoms with Crippen LogP contribution in [0.4, 0.5) is 5.95 Å². The second-order valence-electron chi connectivity index (χ2n) is 6.94. The van der Waals surface area contributed by atoms with Crippen LogP contribution in [0.1, 0.15) is 35.5 Å². The minimum absolute atomic E-state index is 0.0668. The Hall–Kier alpha value is -3.21. The van der Waals surface area contributed by atoms with E-state index in [1.807, 2.05) is 67.3 Å². The molecule has 0 fully saturated rings. The van der Waals surface area contributed by atoms with Gasteiger partial charge in [-0.15, -0.1) is 0 Å². The molecular weight excluding hydrogens is 348 g/mol. The molecule has 1 N–H and O–H groups in total. The molecule has 0 bridgehead atoms. The van der Waals surface area contributed by atoms with Crippen molar-refractivity contribution in [3.63, 3.8) is 0 Å². The predicted octanol–water partition coefficient (Wildman–Crippen LogP) is 4.18. The molecule has 1 aromatic heterocycles. The van der Waals surface area contributed by atoms with Gasteiger partial charge in [0.1, 0.15) is 5.69 Å². The van der Waals surface area contributed by atoms with Crippen LogP contribution in [0.5, 0.6) is 0 Å². The van der Waals surface area contributed by atoms with Gasteiger partial charge in [-0.2, -0.15) is 0 Å². The molecular formula is C23H26N4O. The molecule has 0 aliphatic rings. The van der Waals surface area contributed by atoms with Gasteiger partial charge in [0, 0.05) is 25.3 Å². The van der Waals surface area contributed by atoms with E-state index in [1.54, 1.807) is 12.3 Å². The Labute approximate surface area is 166 Å². The van der Waals surface area contributed by atoms with Gasteiger partial charge in [0.15, 0.2) is 0 Å². The van der Waals surface area contributed by atoms with Gasteiger partial charge < -0.3 is 10.2 Å². The Morgan fingerprint density at radius 1 is 0.964 bits per heavy atom. The molecule has 5 heteroatoms. The molecule has 2 aromatic carbocycles. The Morgan fingerprint density at radius 3 is 2.25 bits per heavy atom. The Kier molecular flexibility index (Phi) is 6.73. The molecule has 0 radical (unpaired) electrons. The first-order chi connectivity index (χ1) is 13.6. The van der Waals surface area contributed by atoms with Gasteiger partial charge in [0.2, 0.25) is 5.95 Å². The number of hydrogen-bond donors (Lipinski definition) is 1. The molecule has 28 heavy (non-hydrogen) atoms. The maximum absolute atomic E-state index is 13.0. The highest BCUT2D eigenvalue weighted by Crippen LogP contribution is 2.13. The summed E-state index contributed by atoms with van der Waals surface area (Å²) >= 11 is 0. The summed E-state index contributed by atoms with van der Waals surface area (Å²) in [7, 11) is 0. The molecule has 0 atom stereocenters. The summed E-state index contributed by atoms with van der Waals surface area (Å²) < 4.78 is 0. The van der Waals surface area contributed by atoms with E-state index >= 15 is 0 Å². The maximum atomic E-state index is 13.0. The zero-order valence-electron chi connectivity index (χ0n) is 16.4. The molecule has 0 saturated heterocycles. The number of amides is 1. The maximum Gasteiger partial charge on any atom is 0.273 e. The number of carbonyl (C=O) groups excluding carboxylic acids is 1. The number of carbonyl (C=O) groups is 1. The highest BCUT2D eigenvalue weighted by Gasteiger charge is 2.20. The van der Waals surface area contributed by atoms with Crippen LogP contribution in [0.25, 0.3) is 0 Å². The third-order valence-corrected chi connectivity index (χ3v) is 4.49. The van der Waals surface area contributed by atoms with Crippen LogP contribution < -0.4 is 5.32 Å². The van der Waals surface area contributed by atoms with Crippen molar-refractivity contribution in [1.82, 2.24) is 14.9 Å². The first kappa shape index (κ1) is 19.5. The summed E-state index contributed by atoms with van der Waals surface area (Å²) in [5.74, 6) is 0.387. The number of nitrogens with one attached hydrogen (secondary N) is 1. The van der Waals surface area contributed by atoms with Gasteiger partial charge >= 0.3 is 0 Å². The quantitative estimate of drug-likeness (QED) is 0.642. The summed E-state index contributed by atoms with van der Waals surface area (Å²) in [6, 6.07) is 22.0. The number of benzene rings is 2. The minimum Gasteiger partial charge on any atom is -0.354 e. The van der Waals surface area contributed by atoms with Gasteiger partial charge in [-0.05, 0) is 37.5 Å². The standard InChI is InChI=1S/C23H26N4O/c1-18(2)27(17-20-11-7-4-8-12-20)22(28)21-14-16-25-23(26-21)24-15-13-19-9-5-3-6-10-19/h3-12,14,16,18H,13,15,17H2,1-2H3,(H,24,25,26). The highest BCUT2D eigenvalue weighted by atomic mass is 16.2. The molecule has 3 aromatic rings. The lowest BCUT2D eigenvalue weighted by Crippen LogP contribution is -2.37. The molecule has 0 saturated carbocycles. The van der Waals surface area contributed by atoms with Crippen LogP contribution in [0.3, 0.4) is 0 Å². The molecule has 1 heterocycles. The van der Waals surface area contributed by atoms with E-state index in [9.17, 15) is 4.79 Å². The molecule has 0 aliphatic heterocycles. The van der Waals surface area contributed by atoms with Crippen molar-refractivity contribution in [2.24, 2.45) is 0 Å². The summed E-state index contributed by atoms with van der Waals surface area (Å²) in [5.41, 5.74) is 2.75. The van der Waals surface area contributed by atoms with Crippen LogP contribution in [0.2, 0.25) is 0 Å². The Balaban J connectivity index is 1.66. The molecule has 5 nitrogen and oxygen atoms in total. The van der Waals surface area contributed by atoms with Crippen LogP contribution in [-0.4, -0.2) is 33.4 Å². The SMILES string of the molecule is CC(C)N(Cc1ccccc1)C(=O)c1ccnc(NCCc2ccccc2)n1. The predicted molar refractivity (Wildman–Crippen MR) is 112 cm³/mol. The van der Waals surface area contributed by atoms with E-state index in [2.05, 4.69) is 27.4 Å². The van der Waals surface area contributed by atoms with Crippen LogP contribution in [0, 0.1) is 0 Å². The smallest absolute Gasteiger partial charge is 0.273 e. The second-order valence-corrected chi connectivity index (χ2v) is 6.94. The summed E-state index contributed by atoms with van der Waals surface area (Å²) in [4.78, 5) is 23.6. The fourth-order valence-electron chi connectivity index (χ4n) is 2.94. The van der Waals surface area contributed by atoms with E-state index in [1.165, 1.54) is 5.56 Å². The summed E-state index contributed by atoms with van der Waals surface area (Å²) in [6.45, 7) is 5.29. The average molecular weight is 374 g/mol. The monoisotopic (exact) mass is 374 g/mol. The van der Waals surface area contributed by atoms with E-state index in [0.29, 0.717) is 24.7 Å². The third kappa shape index (κ3) is 5.39. The number of hydrogen-bond acceptors (Lipinski definition) is 4. The Morgan fingerprint density at radius 2 is 1.61 bits per heavy atom. The van der Waals surface area contributed by atoms with Crippen molar-refractivity contribution < 1.29 is 4.79 Å². The minimum atomic E-state index is -0.0904. The molecule has 0 unspecified atom stereocenters. The number of aromatic nitrogens is 2. The third-order valence-electron chi connectivity index (χ3n) is 4.49. The normalized spacial score (nSPS) is 10.7. The molecule has 0 spiro atoms. The zero-order valence-corrected chi connectivity index (χ0v) is 16.4. The van der Waals surface area contributed by atoms with E-state index in [0.717, 1.165) is 12.0 Å².